The average Bonchev–Trinajstić information content (AvgIpc) is 2.98. The van der Waals surface area contributed by atoms with Gasteiger partial charge in [-0.1, -0.05) is 30.3 Å². The van der Waals surface area contributed by atoms with Gasteiger partial charge in [0.25, 0.3) is 5.91 Å². The summed E-state index contributed by atoms with van der Waals surface area (Å²) >= 11 is 3.49. The maximum atomic E-state index is 12.3. The van der Waals surface area contributed by atoms with Crippen molar-refractivity contribution in [1.82, 2.24) is 20.8 Å². The number of nitrogens with zero attached hydrogens (tertiary/aromatic N) is 1. The maximum absolute atomic E-state index is 12.3. The number of carbonyl (C=O) groups is 1. The van der Waals surface area contributed by atoms with Crippen LogP contribution in [-0.2, 0) is 0 Å². The van der Waals surface area contributed by atoms with Gasteiger partial charge in [-0.05, 0) is 54.2 Å². The Balaban J connectivity index is 0.00000208. The molecule has 24 heavy (non-hydrogen) atoms. The number of carbonyl (C=O) groups excluding carboxylic acids is 1. The summed E-state index contributed by atoms with van der Waals surface area (Å²) in [6.07, 6.45) is 3.48. The number of hydrogen-bond donors (Lipinski definition) is 3. The fourth-order valence-electron chi connectivity index (χ4n) is 2.91. The second kappa shape index (κ2) is 9.20. The van der Waals surface area contributed by atoms with Gasteiger partial charge >= 0.3 is 0 Å². The molecule has 0 saturated carbocycles. The Hall–Kier alpha value is -1.37. The monoisotopic (exact) mass is 412 g/mol. The Morgan fingerprint density at radius 2 is 2.12 bits per heavy atom. The number of benzene rings is 1. The van der Waals surface area contributed by atoms with Gasteiger partial charge in [0.15, 0.2) is 0 Å². The Morgan fingerprint density at radius 1 is 1.33 bits per heavy atom. The van der Waals surface area contributed by atoms with E-state index in [0.29, 0.717) is 22.6 Å². The van der Waals surface area contributed by atoms with Crippen molar-refractivity contribution < 1.29 is 4.79 Å². The summed E-state index contributed by atoms with van der Waals surface area (Å²) < 4.78 is 0.709. The van der Waals surface area contributed by atoms with Crippen molar-refractivity contribution in [3.8, 4) is 11.3 Å². The molecule has 0 spiro atoms. The number of halogens is 2. The molecule has 7 heteroatoms. The standard InChI is InChI=1S/C17H21BrN4O.ClH/c18-14-15(13-6-2-1-3-7-13)21-22-16(14)17(23)20-10-8-12-5-4-9-19-11-12;/h1-3,6-7,12,19H,4-5,8-11H2,(H,20,23)(H,21,22);1H. The highest BCUT2D eigenvalue weighted by molar-refractivity contribution is 9.10. The largest absolute Gasteiger partial charge is 0.351 e. The van der Waals surface area contributed by atoms with Crippen LogP contribution >= 0.6 is 28.3 Å². The highest BCUT2D eigenvalue weighted by atomic mass is 79.9. The van der Waals surface area contributed by atoms with Crippen LogP contribution in [0.4, 0.5) is 0 Å². The average molecular weight is 414 g/mol. The van der Waals surface area contributed by atoms with E-state index in [2.05, 4.69) is 36.8 Å². The molecule has 1 saturated heterocycles. The molecule has 1 atom stereocenters. The van der Waals surface area contributed by atoms with Crippen molar-refractivity contribution in [3.63, 3.8) is 0 Å². The first-order chi connectivity index (χ1) is 11.3. The molecule has 0 radical (unpaired) electrons. The van der Waals surface area contributed by atoms with E-state index in [1.54, 1.807) is 0 Å². The van der Waals surface area contributed by atoms with Crippen LogP contribution in [0.3, 0.4) is 0 Å². The van der Waals surface area contributed by atoms with Gasteiger partial charge in [-0.25, -0.2) is 0 Å². The molecule has 2 aromatic rings. The molecule has 1 amide bonds. The summed E-state index contributed by atoms with van der Waals surface area (Å²) in [4.78, 5) is 12.3. The number of nitrogens with one attached hydrogen (secondary N) is 3. The van der Waals surface area contributed by atoms with Crippen molar-refractivity contribution in [2.24, 2.45) is 5.92 Å². The van der Waals surface area contributed by atoms with Crippen LogP contribution in [-0.4, -0.2) is 35.7 Å². The minimum absolute atomic E-state index is 0. The lowest BCUT2D eigenvalue weighted by atomic mass is 9.96. The van der Waals surface area contributed by atoms with Gasteiger partial charge in [0.05, 0.1) is 4.47 Å². The van der Waals surface area contributed by atoms with Crippen molar-refractivity contribution in [1.29, 1.82) is 0 Å². The normalized spacial score (nSPS) is 17.1. The predicted octanol–water partition coefficient (Wildman–Crippen LogP) is 3.38. The number of aromatic amines is 1. The molecule has 5 nitrogen and oxygen atoms in total. The van der Waals surface area contributed by atoms with Crippen LogP contribution in [0, 0.1) is 5.92 Å². The zero-order valence-electron chi connectivity index (χ0n) is 13.3. The van der Waals surface area contributed by atoms with Gasteiger partial charge in [0.2, 0.25) is 0 Å². The lowest BCUT2D eigenvalue weighted by molar-refractivity contribution is 0.0945. The third kappa shape index (κ3) is 4.59. The van der Waals surface area contributed by atoms with Gasteiger partial charge in [-0.3, -0.25) is 9.89 Å². The van der Waals surface area contributed by atoms with Gasteiger partial charge in [0, 0.05) is 12.1 Å². The topological polar surface area (TPSA) is 69.8 Å². The van der Waals surface area contributed by atoms with Crippen LogP contribution < -0.4 is 10.6 Å². The van der Waals surface area contributed by atoms with Crippen LogP contribution in [0.2, 0.25) is 0 Å². The molecule has 1 aromatic heterocycles. The van der Waals surface area contributed by atoms with Crippen molar-refractivity contribution in [2.75, 3.05) is 19.6 Å². The van der Waals surface area contributed by atoms with Crippen LogP contribution in [0.5, 0.6) is 0 Å². The van der Waals surface area contributed by atoms with E-state index in [9.17, 15) is 4.79 Å². The third-order valence-electron chi connectivity index (χ3n) is 4.22. The lowest BCUT2D eigenvalue weighted by Crippen LogP contribution is -2.33. The highest BCUT2D eigenvalue weighted by Crippen LogP contribution is 2.28. The molecule has 130 valence electrons. The first-order valence-corrected chi connectivity index (χ1v) is 8.83. The van der Waals surface area contributed by atoms with E-state index in [1.807, 2.05) is 30.3 Å². The first kappa shape index (κ1) is 19.0. The van der Waals surface area contributed by atoms with Crippen molar-refractivity contribution >= 4 is 34.2 Å². The summed E-state index contributed by atoms with van der Waals surface area (Å²) in [5, 5.41) is 13.5. The Kier molecular flexibility index (Phi) is 7.27. The van der Waals surface area contributed by atoms with E-state index >= 15 is 0 Å². The third-order valence-corrected chi connectivity index (χ3v) is 4.99. The van der Waals surface area contributed by atoms with Crippen molar-refractivity contribution in [2.45, 2.75) is 19.3 Å². The molecule has 0 aliphatic carbocycles. The number of amides is 1. The minimum Gasteiger partial charge on any atom is -0.351 e. The van der Waals surface area contributed by atoms with Gasteiger partial charge in [-0.15, -0.1) is 12.4 Å². The number of H-pyrrole nitrogens is 1. The number of piperidine rings is 1. The van der Waals surface area contributed by atoms with Crippen LogP contribution in [0.25, 0.3) is 11.3 Å². The highest BCUT2D eigenvalue weighted by Gasteiger charge is 2.19. The van der Waals surface area contributed by atoms with Gasteiger partial charge in [-0.2, -0.15) is 5.10 Å². The summed E-state index contributed by atoms with van der Waals surface area (Å²) in [7, 11) is 0. The molecule has 1 fully saturated rings. The molecular weight excluding hydrogens is 392 g/mol. The first-order valence-electron chi connectivity index (χ1n) is 8.04. The summed E-state index contributed by atoms with van der Waals surface area (Å²) in [6.45, 7) is 2.87. The van der Waals surface area contributed by atoms with Gasteiger partial charge < -0.3 is 10.6 Å². The van der Waals surface area contributed by atoms with Crippen LogP contribution in [0.15, 0.2) is 34.8 Å². The Labute approximate surface area is 156 Å². The zero-order valence-corrected chi connectivity index (χ0v) is 15.8. The molecule has 1 aliphatic rings. The van der Waals surface area contributed by atoms with Crippen LogP contribution in [0.1, 0.15) is 29.8 Å². The molecule has 1 aromatic carbocycles. The molecule has 1 unspecified atom stereocenters. The van der Waals surface area contributed by atoms with E-state index in [-0.39, 0.29) is 18.3 Å². The quantitative estimate of drug-likeness (QED) is 0.704. The Morgan fingerprint density at radius 3 is 2.83 bits per heavy atom. The zero-order chi connectivity index (χ0) is 16.1. The Bertz CT molecular complexity index is 656. The van der Waals surface area contributed by atoms with Gasteiger partial charge in [0.1, 0.15) is 11.4 Å². The summed E-state index contributed by atoms with van der Waals surface area (Å²) in [5.74, 6) is 0.546. The molecule has 3 N–H and O–H groups in total. The maximum Gasteiger partial charge on any atom is 0.270 e. The predicted molar refractivity (Wildman–Crippen MR) is 102 cm³/mol. The molecule has 2 heterocycles. The fraction of sp³-hybridized carbons (Fsp3) is 0.412. The van der Waals surface area contributed by atoms with E-state index in [4.69, 9.17) is 0 Å². The van der Waals surface area contributed by atoms with E-state index < -0.39 is 0 Å². The molecular formula is C17H22BrClN4O. The molecule has 1 aliphatic heterocycles. The molecule has 3 rings (SSSR count). The number of rotatable bonds is 5. The fourth-order valence-corrected chi connectivity index (χ4v) is 3.50. The smallest absolute Gasteiger partial charge is 0.270 e. The second-order valence-electron chi connectivity index (χ2n) is 5.88. The molecule has 0 bridgehead atoms. The number of hydrogen-bond acceptors (Lipinski definition) is 3. The summed E-state index contributed by atoms with van der Waals surface area (Å²) in [6, 6.07) is 9.80. The second-order valence-corrected chi connectivity index (χ2v) is 6.68. The lowest BCUT2D eigenvalue weighted by Gasteiger charge is -2.22. The minimum atomic E-state index is -0.115. The number of aromatic nitrogens is 2. The van der Waals surface area contributed by atoms with E-state index in [0.717, 1.165) is 30.8 Å². The van der Waals surface area contributed by atoms with Crippen molar-refractivity contribution in [3.05, 3.63) is 40.5 Å². The summed E-state index contributed by atoms with van der Waals surface area (Å²) in [5.41, 5.74) is 2.21. The SMILES string of the molecule is Cl.O=C(NCCC1CCCNC1)c1[nH]nc(-c2ccccc2)c1Br. The van der Waals surface area contributed by atoms with E-state index in [1.165, 1.54) is 12.8 Å².